The van der Waals surface area contributed by atoms with Gasteiger partial charge in [0, 0.05) is 18.8 Å². The first-order valence-corrected chi connectivity index (χ1v) is 12.8. The summed E-state index contributed by atoms with van der Waals surface area (Å²) in [5.74, 6) is -0.936. The highest BCUT2D eigenvalue weighted by Gasteiger charge is 2.38. The maximum atomic E-state index is 13.4. The first kappa shape index (κ1) is 30.0. The Morgan fingerprint density at radius 3 is 2.17 bits per heavy atom. The van der Waals surface area contributed by atoms with E-state index in [1.165, 1.54) is 4.68 Å². The summed E-state index contributed by atoms with van der Waals surface area (Å²) in [7, 11) is 0. The number of ether oxygens (including phenoxy) is 3. The van der Waals surface area contributed by atoms with Crippen LogP contribution in [0.3, 0.4) is 0 Å². The van der Waals surface area contributed by atoms with Crippen molar-refractivity contribution in [2.24, 2.45) is 5.92 Å². The SMILES string of the molecule is CC(C)(C)OC(=O)N(C(=O)OC(C)(C)C)c1ncnc2nn(CC3CC(O)C3)c(Oc3cc(C(F)(F)F)ccn3)c12. The molecule has 0 unspecified atom stereocenters. The van der Waals surface area contributed by atoms with Gasteiger partial charge in [-0.3, -0.25) is 0 Å². The number of pyridine rings is 1. The highest BCUT2D eigenvalue weighted by Crippen LogP contribution is 2.39. The fraction of sp³-hybridized carbons (Fsp3) is 0.538. The summed E-state index contributed by atoms with van der Waals surface area (Å²) in [5.41, 5.74) is -3.05. The van der Waals surface area contributed by atoms with E-state index in [0.29, 0.717) is 23.8 Å². The van der Waals surface area contributed by atoms with Gasteiger partial charge >= 0.3 is 18.4 Å². The number of fused-ring (bicyclic) bond motifs is 1. The van der Waals surface area contributed by atoms with Gasteiger partial charge in [-0.05, 0) is 66.4 Å². The van der Waals surface area contributed by atoms with Crippen LogP contribution in [-0.4, -0.2) is 59.3 Å². The fourth-order valence-corrected chi connectivity index (χ4v) is 4.02. The lowest BCUT2D eigenvalue weighted by Gasteiger charge is -2.31. The van der Waals surface area contributed by atoms with Crippen molar-refractivity contribution < 1.29 is 42.1 Å². The summed E-state index contributed by atoms with van der Waals surface area (Å²) in [4.78, 5) is 39.4. The quantitative estimate of drug-likeness (QED) is 0.412. The van der Waals surface area contributed by atoms with Crippen molar-refractivity contribution in [2.75, 3.05) is 4.90 Å². The molecule has 3 aromatic rings. The molecule has 1 aliphatic carbocycles. The van der Waals surface area contributed by atoms with Crippen LogP contribution in [0.2, 0.25) is 0 Å². The van der Waals surface area contributed by atoms with E-state index in [1.807, 2.05) is 0 Å². The van der Waals surface area contributed by atoms with E-state index < -0.39 is 47.1 Å². The van der Waals surface area contributed by atoms with Gasteiger partial charge in [0.05, 0.1) is 11.7 Å². The van der Waals surface area contributed by atoms with Crippen LogP contribution >= 0.6 is 0 Å². The van der Waals surface area contributed by atoms with E-state index in [2.05, 4.69) is 20.1 Å². The number of anilines is 1. The number of imide groups is 1. The number of hydrogen-bond acceptors (Lipinski definition) is 10. The van der Waals surface area contributed by atoms with Crippen molar-refractivity contribution in [3.05, 3.63) is 30.2 Å². The molecule has 1 saturated carbocycles. The van der Waals surface area contributed by atoms with Crippen molar-refractivity contribution in [1.29, 1.82) is 0 Å². The molecular formula is C26H31F3N6O6. The predicted octanol–water partition coefficient (Wildman–Crippen LogP) is 5.48. The zero-order chi connectivity index (χ0) is 30.3. The standard InChI is InChI=1S/C26H31F3N6O6/c1-24(2,3)40-22(37)35(23(38)41-25(4,5)6)20-18-19(31-13-32-20)33-34(12-14-9-16(36)10-14)21(18)39-17-11-15(7-8-30-17)26(27,28)29/h7-8,11,13-14,16,36H,9-10,12H2,1-6H3. The van der Waals surface area contributed by atoms with E-state index in [4.69, 9.17) is 14.2 Å². The number of hydrogen-bond donors (Lipinski definition) is 1. The molecule has 15 heteroatoms. The molecule has 0 atom stereocenters. The Kier molecular flexibility index (Phi) is 7.86. The lowest BCUT2D eigenvalue weighted by atomic mass is 9.82. The number of halogens is 3. The molecule has 41 heavy (non-hydrogen) atoms. The van der Waals surface area contributed by atoms with Crippen molar-refractivity contribution in [3.8, 4) is 11.8 Å². The Bertz CT molecular complexity index is 1410. The monoisotopic (exact) mass is 580 g/mol. The Morgan fingerprint density at radius 2 is 1.63 bits per heavy atom. The molecule has 0 aromatic carbocycles. The number of aliphatic hydroxyl groups excluding tert-OH is 1. The number of carbonyl (C=O) groups excluding carboxylic acids is 2. The normalized spacial score (nSPS) is 17.6. The smallest absolute Gasteiger partial charge is 0.425 e. The third kappa shape index (κ3) is 7.20. The van der Waals surface area contributed by atoms with Gasteiger partial charge in [-0.2, -0.15) is 18.1 Å². The van der Waals surface area contributed by atoms with Crippen molar-refractivity contribution in [2.45, 2.75) is 84.4 Å². The maximum absolute atomic E-state index is 13.4. The first-order valence-electron chi connectivity index (χ1n) is 12.8. The molecule has 4 rings (SSSR count). The topological polar surface area (TPSA) is 142 Å². The molecule has 0 bridgehead atoms. The highest BCUT2D eigenvalue weighted by atomic mass is 19.4. The van der Waals surface area contributed by atoms with E-state index in [9.17, 15) is 27.9 Å². The van der Waals surface area contributed by atoms with Gasteiger partial charge in [0.1, 0.15) is 22.9 Å². The Morgan fingerprint density at radius 1 is 1.02 bits per heavy atom. The lowest BCUT2D eigenvalue weighted by Crippen LogP contribution is -2.44. The number of rotatable bonds is 5. The largest absolute Gasteiger partial charge is 0.443 e. The van der Waals surface area contributed by atoms with E-state index in [-0.39, 0.29) is 35.2 Å². The number of carbonyl (C=O) groups is 2. The van der Waals surface area contributed by atoms with Gasteiger partial charge in [-0.1, -0.05) is 0 Å². The van der Waals surface area contributed by atoms with Gasteiger partial charge in [0.2, 0.25) is 11.8 Å². The first-order chi connectivity index (χ1) is 18.9. The number of alkyl halides is 3. The van der Waals surface area contributed by atoms with Crippen LogP contribution in [0, 0.1) is 5.92 Å². The molecule has 3 aromatic heterocycles. The second kappa shape index (κ2) is 10.8. The summed E-state index contributed by atoms with van der Waals surface area (Å²) in [6, 6.07) is 1.50. The van der Waals surface area contributed by atoms with Gasteiger partial charge in [0.25, 0.3) is 0 Å². The van der Waals surface area contributed by atoms with Gasteiger partial charge in [0.15, 0.2) is 11.5 Å². The van der Waals surface area contributed by atoms with Crippen LogP contribution in [0.4, 0.5) is 28.6 Å². The van der Waals surface area contributed by atoms with Crippen molar-refractivity contribution in [3.63, 3.8) is 0 Å². The minimum absolute atomic E-state index is 0.0195. The van der Waals surface area contributed by atoms with Crippen LogP contribution in [-0.2, 0) is 22.2 Å². The highest BCUT2D eigenvalue weighted by molar-refractivity contribution is 6.14. The molecular weight excluding hydrogens is 549 g/mol. The van der Waals surface area contributed by atoms with Crippen molar-refractivity contribution in [1.82, 2.24) is 24.7 Å². The van der Waals surface area contributed by atoms with Gasteiger partial charge in [-0.25, -0.2) is 29.2 Å². The van der Waals surface area contributed by atoms with Crippen LogP contribution in [0.25, 0.3) is 11.0 Å². The third-order valence-corrected chi connectivity index (χ3v) is 5.74. The number of aliphatic hydroxyl groups is 1. The molecule has 0 radical (unpaired) electrons. The molecule has 0 spiro atoms. The minimum atomic E-state index is -4.66. The van der Waals surface area contributed by atoms with Crippen LogP contribution < -0.4 is 9.64 Å². The summed E-state index contributed by atoms with van der Waals surface area (Å²) in [6.07, 6.45) is -4.44. The average Bonchev–Trinajstić information content (AvgIpc) is 3.13. The Labute approximate surface area is 233 Å². The van der Waals surface area contributed by atoms with Crippen LogP contribution in [0.15, 0.2) is 24.7 Å². The maximum Gasteiger partial charge on any atom is 0.425 e. The molecule has 3 heterocycles. The Hall–Kier alpha value is -4.01. The summed E-state index contributed by atoms with van der Waals surface area (Å²) in [6.45, 7) is 9.82. The second-order valence-electron chi connectivity index (χ2n) is 11.7. The molecule has 0 aliphatic heterocycles. The predicted molar refractivity (Wildman–Crippen MR) is 138 cm³/mol. The molecule has 0 saturated heterocycles. The lowest BCUT2D eigenvalue weighted by molar-refractivity contribution is -0.137. The average molecular weight is 581 g/mol. The van der Waals surface area contributed by atoms with E-state index >= 15 is 0 Å². The van der Waals surface area contributed by atoms with E-state index in [1.54, 1.807) is 41.5 Å². The number of aromatic nitrogens is 5. The molecule has 1 N–H and O–H groups in total. The zero-order valence-electron chi connectivity index (χ0n) is 23.4. The van der Waals surface area contributed by atoms with Crippen molar-refractivity contribution >= 4 is 29.0 Å². The minimum Gasteiger partial charge on any atom is -0.443 e. The molecule has 1 aliphatic rings. The second-order valence-corrected chi connectivity index (χ2v) is 11.7. The van der Waals surface area contributed by atoms with E-state index in [0.717, 1.165) is 18.6 Å². The third-order valence-electron chi connectivity index (χ3n) is 5.74. The zero-order valence-corrected chi connectivity index (χ0v) is 23.4. The molecule has 222 valence electrons. The van der Waals surface area contributed by atoms with Crippen LogP contribution in [0.1, 0.15) is 59.9 Å². The molecule has 1 fully saturated rings. The Balaban J connectivity index is 1.89. The van der Waals surface area contributed by atoms with Crippen LogP contribution in [0.5, 0.6) is 11.8 Å². The van der Waals surface area contributed by atoms with Gasteiger partial charge < -0.3 is 19.3 Å². The summed E-state index contributed by atoms with van der Waals surface area (Å²) in [5, 5.41) is 14.1. The molecule has 2 amide bonds. The fourth-order valence-electron chi connectivity index (χ4n) is 4.02. The summed E-state index contributed by atoms with van der Waals surface area (Å²) >= 11 is 0. The number of nitrogens with zero attached hydrogens (tertiary/aromatic N) is 6. The summed E-state index contributed by atoms with van der Waals surface area (Å²) < 4.78 is 58.3. The molecule has 12 nitrogen and oxygen atoms in total. The van der Waals surface area contributed by atoms with Gasteiger partial charge in [-0.15, -0.1) is 5.10 Å². The number of amides is 2.